The van der Waals surface area contributed by atoms with E-state index in [9.17, 15) is 31.2 Å². The van der Waals surface area contributed by atoms with Crippen LogP contribution in [0.25, 0.3) is 0 Å². The van der Waals surface area contributed by atoms with E-state index in [1.54, 1.807) is 13.8 Å². The number of rotatable bonds is 6. The Morgan fingerprint density at radius 1 is 1.12 bits per heavy atom. The van der Waals surface area contributed by atoms with Crippen molar-refractivity contribution >= 4 is 22.1 Å². The zero-order chi connectivity index (χ0) is 19.4. The van der Waals surface area contributed by atoms with Crippen molar-refractivity contribution in [1.29, 1.82) is 0 Å². The quantitative estimate of drug-likeness (QED) is 0.547. The van der Waals surface area contributed by atoms with Gasteiger partial charge in [-0.05, 0) is 26.7 Å². The summed E-state index contributed by atoms with van der Waals surface area (Å²) in [4.78, 5) is 24.1. The van der Waals surface area contributed by atoms with E-state index < -0.39 is 58.0 Å². The number of hydrogen-bond acceptors (Lipinski definition) is 6. The van der Waals surface area contributed by atoms with Gasteiger partial charge in [-0.25, -0.2) is 0 Å². The topological polar surface area (TPSA) is 107 Å². The van der Waals surface area contributed by atoms with Crippen LogP contribution < -0.4 is 0 Å². The Hall–Kier alpha value is -1.36. The van der Waals surface area contributed by atoms with Crippen LogP contribution in [0.1, 0.15) is 39.5 Å². The Balaban J connectivity index is 2.81. The second kappa shape index (κ2) is 8.35. The van der Waals surface area contributed by atoms with Crippen molar-refractivity contribution < 1.29 is 45.2 Å². The SMILES string of the molecule is CC(C)OC(=O)C1CCCCC1C(=O)OCC(C(F)(F)F)S(=O)(=O)O. The Bertz CT molecular complexity index is 586. The van der Waals surface area contributed by atoms with Crippen molar-refractivity contribution in [3.05, 3.63) is 0 Å². The second-order valence-electron chi connectivity index (χ2n) is 6.16. The average molecular weight is 390 g/mol. The molecule has 7 nitrogen and oxygen atoms in total. The minimum atomic E-state index is -5.49. The molecule has 0 aromatic heterocycles. The molecular weight excluding hydrogens is 369 g/mol. The monoisotopic (exact) mass is 390 g/mol. The van der Waals surface area contributed by atoms with Gasteiger partial charge in [0.2, 0.25) is 5.25 Å². The summed E-state index contributed by atoms with van der Waals surface area (Å²) in [6.07, 6.45) is -3.94. The van der Waals surface area contributed by atoms with Gasteiger partial charge in [-0.3, -0.25) is 14.1 Å². The number of carbonyl (C=O) groups excluding carboxylic acids is 2. The van der Waals surface area contributed by atoms with E-state index in [1.807, 2.05) is 0 Å². The molecule has 0 spiro atoms. The molecule has 11 heteroatoms. The van der Waals surface area contributed by atoms with Crippen LogP contribution in [0.4, 0.5) is 13.2 Å². The minimum Gasteiger partial charge on any atom is -0.464 e. The summed E-state index contributed by atoms with van der Waals surface area (Å²) in [5.41, 5.74) is 0. The smallest absolute Gasteiger partial charge is 0.411 e. The molecule has 1 aliphatic rings. The van der Waals surface area contributed by atoms with Gasteiger partial charge in [-0.15, -0.1) is 0 Å². The number of carbonyl (C=O) groups is 2. The molecule has 1 rings (SSSR count). The van der Waals surface area contributed by atoms with Gasteiger partial charge in [0.1, 0.15) is 6.61 Å². The van der Waals surface area contributed by atoms with Crippen LogP contribution in [0.2, 0.25) is 0 Å². The van der Waals surface area contributed by atoms with Gasteiger partial charge in [0, 0.05) is 0 Å². The van der Waals surface area contributed by atoms with Gasteiger partial charge < -0.3 is 9.47 Å². The highest BCUT2D eigenvalue weighted by Gasteiger charge is 2.50. The zero-order valence-corrected chi connectivity index (χ0v) is 14.6. The molecule has 1 fully saturated rings. The lowest BCUT2D eigenvalue weighted by Gasteiger charge is -2.29. The first-order valence-corrected chi connectivity index (χ1v) is 9.24. The molecule has 0 aromatic rings. The van der Waals surface area contributed by atoms with E-state index in [4.69, 9.17) is 9.29 Å². The molecule has 0 radical (unpaired) electrons. The minimum absolute atomic E-state index is 0.221. The highest BCUT2D eigenvalue weighted by Crippen LogP contribution is 2.33. The third-order valence-electron chi connectivity index (χ3n) is 3.82. The van der Waals surface area contributed by atoms with Crippen LogP contribution in [0.15, 0.2) is 0 Å². The maximum atomic E-state index is 12.7. The van der Waals surface area contributed by atoms with Crippen LogP contribution in [-0.4, -0.2) is 49.0 Å². The molecule has 0 aliphatic heterocycles. The van der Waals surface area contributed by atoms with Crippen molar-refractivity contribution in [2.75, 3.05) is 6.61 Å². The molecule has 3 atom stereocenters. The Morgan fingerprint density at radius 2 is 1.60 bits per heavy atom. The van der Waals surface area contributed by atoms with Crippen LogP contribution in [-0.2, 0) is 29.2 Å². The molecular formula is C14H21F3O7S. The fraction of sp³-hybridized carbons (Fsp3) is 0.857. The van der Waals surface area contributed by atoms with Crippen LogP contribution in [0.3, 0.4) is 0 Å². The van der Waals surface area contributed by atoms with Gasteiger partial charge in [0.15, 0.2) is 0 Å². The number of ether oxygens (including phenoxy) is 2. The first-order valence-electron chi connectivity index (χ1n) is 7.74. The van der Waals surface area contributed by atoms with E-state index in [2.05, 4.69) is 4.74 Å². The molecule has 0 aromatic carbocycles. The maximum Gasteiger partial charge on any atom is 0.411 e. The van der Waals surface area contributed by atoms with Gasteiger partial charge in [0.05, 0.1) is 17.9 Å². The molecule has 146 valence electrons. The van der Waals surface area contributed by atoms with E-state index in [0.717, 1.165) is 0 Å². The second-order valence-corrected chi connectivity index (χ2v) is 7.76. The number of esters is 2. The molecule has 0 heterocycles. The molecule has 25 heavy (non-hydrogen) atoms. The van der Waals surface area contributed by atoms with Crippen molar-refractivity contribution in [3.8, 4) is 0 Å². The molecule has 3 unspecified atom stereocenters. The lowest BCUT2D eigenvalue weighted by Crippen LogP contribution is -2.42. The highest BCUT2D eigenvalue weighted by molar-refractivity contribution is 7.86. The summed E-state index contributed by atoms with van der Waals surface area (Å²) < 4.78 is 77.8. The number of halogens is 3. The maximum absolute atomic E-state index is 12.7. The van der Waals surface area contributed by atoms with E-state index in [1.165, 1.54) is 0 Å². The first kappa shape index (κ1) is 21.7. The van der Waals surface area contributed by atoms with Crippen molar-refractivity contribution in [2.24, 2.45) is 11.8 Å². The average Bonchev–Trinajstić information content (AvgIpc) is 2.43. The normalized spacial score (nSPS) is 23.2. The van der Waals surface area contributed by atoms with Gasteiger partial charge >= 0.3 is 18.1 Å². The van der Waals surface area contributed by atoms with Crippen molar-refractivity contribution in [2.45, 2.75) is 57.1 Å². The standard InChI is InChI=1S/C14H21F3O7S/c1-8(2)24-13(19)10-6-4-3-5-9(10)12(18)23-7-11(14(15,16)17)25(20,21)22/h8-11H,3-7H2,1-2H3,(H,20,21,22). The molecule has 1 aliphatic carbocycles. The summed E-state index contributed by atoms with van der Waals surface area (Å²) in [6, 6.07) is 0. The van der Waals surface area contributed by atoms with Crippen molar-refractivity contribution in [3.63, 3.8) is 0 Å². The van der Waals surface area contributed by atoms with Crippen LogP contribution in [0, 0.1) is 11.8 Å². The number of alkyl halides is 3. The molecule has 1 N–H and O–H groups in total. The Labute approximate surface area is 143 Å². The van der Waals surface area contributed by atoms with E-state index in [0.29, 0.717) is 19.3 Å². The predicted octanol–water partition coefficient (Wildman–Crippen LogP) is 2.11. The third-order valence-corrected chi connectivity index (χ3v) is 4.95. The summed E-state index contributed by atoms with van der Waals surface area (Å²) in [5.74, 6) is -3.60. The van der Waals surface area contributed by atoms with Crippen LogP contribution >= 0.6 is 0 Å². The number of hydrogen-bond donors (Lipinski definition) is 1. The Kier molecular flexibility index (Phi) is 7.24. The summed E-state index contributed by atoms with van der Waals surface area (Å²) in [5, 5.41) is -3.23. The van der Waals surface area contributed by atoms with Crippen LogP contribution in [0.5, 0.6) is 0 Å². The lowest BCUT2D eigenvalue weighted by molar-refractivity contribution is -0.170. The molecule has 0 saturated heterocycles. The van der Waals surface area contributed by atoms with Gasteiger partial charge in [-0.1, -0.05) is 12.8 Å². The van der Waals surface area contributed by atoms with E-state index >= 15 is 0 Å². The summed E-state index contributed by atoms with van der Waals surface area (Å²) in [7, 11) is -5.49. The summed E-state index contributed by atoms with van der Waals surface area (Å²) >= 11 is 0. The fourth-order valence-electron chi connectivity index (χ4n) is 2.63. The molecule has 1 saturated carbocycles. The third kappa shape index (κ3) is 6.46. The summed E-state index contributed by atoms with van der Waals surface area (Å²) in [6.45, 7) is 1.67. The largest absolute Gasteiger partial charge is 0.464 e. The molecule has 0 amide bonds. The van der Waals surface area contributed by atoms with Gasteiger partial charge in [-0.2, -0.15) is 21.6 Å². The highest BCUT2D eigenvalue weighted by atomic mass is 32.2. The van der Waals surface area contributed by atoms with E-state index in [-0.39, 0.29) is 6.42 Å². The lowest BCUT2D eigenvalue weighted by atomic mass is 9.79. The first-order chi connectivity index (χ1) is 11.3. The predicted molar refractivity (Wildman–Crippen MR) is 79.0 cm³/mol. The Morgan fingerprint density at radius 3 is 2.00 bits per heavy atom. The van der Waals surface area contributed by atoms with Gasteiger partial charge in [0.25, 0.3) is 10.1 Å². The van der Waals surface area contributed by atoms with Crippen molar-refractivity contribution in [1.82, 2.24) is 0 Å². The molecule has 0 bridgehead atoms. The zero-order valence-electron chi connectivity index (χ0n) is 13.8. The fourth-order valence-corrected chi connectivity index (χ4v) is 3.21.